The van der Waals surface area contributed by atoms with Crippen LogP contribution in [0.3, 0.4) is 0 Å². The van der Waals surface area contributed by atoms with E-state index in [2.05, 4.69) is 30.7 Å². The molecule has 2 aromatic heterocycles. The lowest BCUT2D eigenvalue weighted by Crippen LogP contribution is -2.47. The minimum Gasteiger partial charge on any atom is -0.357 e. The molecule has 2 aromatic rings. The summed E-state index contributed by atoms with van der Waals surface area (Å²) in [6.07, 6.45) is -2.71. The normalized spacial score (nSPS) is 17.2. The molecule has 1 unspecified atom stereocenters. The number of nitrogens with zero attached hydrogens (tertiary/aromatic N) is 5. The highest BCUT2D eigenvalue weighted by Crippen LogP contribution is 2.30. The van der Waals surface area contributed by atoms with E-state index in [9.17, 15) is 13.2 Å². The zero-order chi connectivity index (χ0) is 18.7. The summed E-state index contributed by atoms with van der Waals surface area (Å²) in [5.74, 6) is 2.29. The number of guanidine groups is 1. The molecule has 27 heavy (non-hydrogen) atoms. The van der Waals surface area contributed by atoms with E-state index in [4.69, 9.17) is 0 Å². The van der Waals surface area contributed by atoms with Gasteiger partial charge in [-0.05, 0) is 20.3 Å². The second-order valence-corrected chi connectivity index (χ2v) is 6.90. The Bertz CT molecular complexity index is 787. The number of halogens is 4. The number of aromatic nitrogens is 4. The van der Waals surface area contributed by atoms with Crippen LogP contribution < -0.4 is 10.6 Å². The van der Waals surface area contributed by atoms with E-state index in [1.165, 1.54) is 0 Å². The summed E-state index contributed by atoms with van der Waals surface area (Å²) in [5, 5.41) is 12.1. The molecule has 0 radical (unpaired) electrons. The molecular weight excluding hydrogens is 494 g/mol. The summed E-state index contributed by atoms with van der Waals surface area (Å²) in [7, 11) is 0. The van der Waals surface area contributed by atoms with Crippen molar-refractivity contribution in [3.05, 3.63) is 27.7 Å². The van der Waals surface area contributed by atoms with Crippen LogP contribution in [0.2, 0.25) is 0 Å². The van der Waals surface area contributed by atoms with Crippen LogP contribution in [0.5, 0.6) is 0 Å². The molecule has 1 aliphatic heterocycles. The Morgan fingerprint density at radius 1 is 1.41 bits per heavy atom. The summed E-state index contributed by atoms with van der Waals surface area (Å²) in [6.45, 7) is 5.22. The predicted molar refractivity (Wildman–Crippen MR) is 107 cm³/mol. The predicted octanol–water partition coefficient (Wildman–Crippen LogP) is 2.75. The fraction of sp³-hybridized carbons (Fsp3) is 0.600. The Hall–Kier alpha value is -1.44. The molecule has 0 saturated heterocycles. The molecule has 1 atom stereocenters. The first-order valence-electron chi connectivity index (χ1n) is 8.32. The number of rotatable bonds is 4. The molecule has 3 heterocycles. The van der Waals surface area contributed by atoms with Gasteiger partial charge in [0.05, 0.1) is 13.1 Å². The van der Waals surface area contributed by atoms with Crippen molar-refractivity contribution in [1.82, 2.24) is 30.4 Å². The van der Waals surface area contributed by atoms with Gasteiger partial charge in [-0.1, -0.05) is 0 Å². The average Bonchev–Trinajstić information content (AvgIpc) is 3.17. The first-order valence-corrected chi connectivity index (χ1v) is 9.20. The molecule has 1 aliphatic rings. The molecule has 0 aliphatic carbocycles. The topological polar surface area (TPSA) is 80.0 Å². The van der Waals surface area contributed by atoms with Crippen LogP contribution in [-0.4, -0.2) is 38.3 Å². The maximum Gasteiger partial charge on any atom is 0.434 e. The maximum absolute atomic E-state index is 12.6. The molecule has 0 saturated carbocycles. The molecule has 150 valence electrons. The van der Waals surface area contributed by atoms with E-state index in [0.717, 1.165) is 41.2 Å². The van der Waals surface area contributed by atoms with Gasteiger partial charge in [-0.15, -0.1) is 35.3 Å². The third kappa shape index (κ3) is 5.77. The highest BCUT2D eigenvalue weighted by molar-refractivity contribution is 14.0. The van der Waals surface area contributed by atoms with Crippen LogP contribution in [0.4, 0.5) is 13.2 Å². The van der Waals surface area contributed by atoms with Crippen molar-refractivity contribution in [3.8, 4) is 0 Å². The first kappa shape index (κ1) is 21.9. The number of aryl methyl sites for hydroxylation is 2. The minimum absolute atomic E-state index is 0. The van der Waals surface area contributed by atoms with Crippen molar-refractivity contribution in [2.45, 2.75) is 52.0 Å². The lowest BCUT2D eigenvalue weighted by Gasteiger charge is -2.25. The first-order chi connectivity index (χ1) is 12.3. The fourth-order valence-electron chi connectivity index (χ4n) is 2.73. The lowest BCUT2D eigenvalue weighted by molar-refractivity contribution is -0.140. The molecule has 7 nitrogen and oxygen atoms in total. The smallest absolute Gasteiger partial charge is 0.357 e. The number of fused-ring (bicyclic) bond motifs is 1. The van der Waals surface area contributed by atoms with E-state index in [0.29, 0.717) is 24.1 Å². The number of nitrogens with one attached hydrogen (secondary N) is 2. The largest absolute Gasteiger partial charge is 0.434 e. The number of hydrogen-bond donors (Lipinski definition) is 2. The van der Waals surface area contributed by atoms with Gasteiger partial charge < -0.3 is 10.6 Å². The molecule has 0 spiro atoms. The summed E-state index contributed by atoms with van der Waals surface area (Å²) in [4.78, 5) is 12.3. The van der Waals surface area contributed by atoms with Gasteiger partial charge >= 0.3 is 6.18 Å². The van der Waals surface area contributed by atoms with E-state index in [-0.39, 0.29) is 36.6 Å². The fourth-order valence-corrected chi connectivity index (χ4v) is 3.45. The van der Waals surface area contributed by atoms with Gasteiger partial charge in [0.1, 0.15) is 16.7 Å². The standard InChI is InChI=1S/C15H20F3N7S.HI/c1-3-19-14(20-6-13-23-11(8-26-13)15(16,17)18)22-10-4-5-12-21-9(2)24-25(12)7-10;/h8,10H,3-7H2,1-2H3,(H2,19,20,22);1H. The summed E-state index contributed by atoms with van der Waals surface area (Å²) < 4.78 is 39.8. The van der Waals surface area contributed by atoms with Crippen molar-refractivity contribution >= 4 is 41.3 Å². The average molecular weight is 515 g/mol. The van der Waals surface area contributed by atoms with Crippen molar-refractivity contribution in [1.29, 1.82) is 0 Å². The second-order valence-electron chi connectivity index (χ2n) is 5.96. The van der Waals surface area contributed by atoms with Crippen LogP contribution in [0, 0.1) is 6.92 Å². The number of hydrogen-bond acceptors (Lipinski definition) is 5. The zero-order valence-electron chi connectivity index (χ0n) is 14.9. The van der Waals surface area contributed by atoms with Crippen molar-refractivity contribution in [2.75, 3.05) is 6.54 Å². The molecule has 2 N–H and O–H groups in total. The monoisotopic (exact) mass is 515 g/mol. The number of alkyl halides is 3. The Morgan fingerprint density at radius 2 is 2.19 bits per heavy atom. The van der Waals surface area contributed by atoms with Gasteiger partial charge in [-0.2, -0.15) is 18.3 Å². The summed E-state index contributed by atoms with van der Waals surface area (Å²) in [5.41, 5.74) is -0.868. The number of thiazole rings is 1. The molecule has 0 amide bonds. The van der Waals surface area contributed by atoms with E-state index < -0.39 is 11.9 Å². The van der Waals surface area contributed by atoms with Crippen LogP contribution in [0.1, 0.15) is 35.7 Å². The van der Waals surface area contributed by atoms with E-state index in [1.807, 2.05) is 18.5 Å². The molecule has 0 bridgehead atoms. The Kier molecular flexibility index (Phi) is 7.42. The van der Waals surface area contributed by atoms with Crippen LogP contribution in [0.25, 0.3) is 0 Å². The van der Waals surface area contributed by atoms with Crippen LogP contribution >= 0.6 is 35.3 Å². The third-order valence-electron chi connectivity index (χ3n) is 3.86. The van der Waals surface area contributed by atoms with Crippen LogP contribution in [-0.2, 0) is 25.7 Å². The Balaban J connectivity index is 0.00000261. The van der Waals surface area contributed by atoms with Gasteiger partial charge in [0.2, 0.25) is 0 Å². The third-order valence-corrected chi connectivity index (χ3v) is 4.70. The zero-order valence-corrected chi connectivity index (χ0v) is 18.0. The SMILES string of the molecule is CCNC(=NCc1nc(C(F)(F)F)cs1)NC1CCc2nc(C)nn2C1.I. The van der Waals surface area contributed by atoms with E-state index >= 15 is 0 Å². The van der Waals surface area contributed by atoms with Crippen molar-refractivity contribution in [2.24, 2.45) is 4.99 Å². The number of aliphatic imine (C=N–C) groups is 1. The van der Waals surface area contributed by atoms with Crippen molar-refractivity contribution in [3.63, 3.8) is 0 Å². The van der Waals surface area contributed by atoms with Crippen LogP contribution in [0.15, 0.2) is 10.4 Å². The van der Waals surface area contributed by atoms with E-state index in [1.54, 1.807) is 0 Å². The summed E-state index contributed by atoms with van der Waals surface area (Å²) in [6, 6.07) is 0.128. The van der Waals surface area contributed by atoms with Crippen molar-refractivity contribution < 1.29 is 13.2 Å². The molecule has 0 aromatic carbocycles. The van der Waals surface area contributed by atoms with Gasteiger partial charge in [0.15, 0.2) is 11.7 Å². The Labute approximate surface area is 175 Å². The quantitative estimate of drug-likeness (QED) is 0.372. The maximum atomic E-state index is 12.6. The second kappa shape index (κ2) is 9.17. The van der Waals surface area contributed by atoms with Gasteiger partial charge in [-0.25, -0.2) is 19.6 Å². The summed E-state index contributed by atoms with van der Waals surface area (Å²) >= 11 is 0.960. The molecule has 12 heteroatoms. The van der Waals surface area contributed by atoms with Gasteiger partial charge in [0.25, 0.3) is 0 Å². The Morgan fingerprint density at radius 3 is 2.85 bits per heavy atom. The molecular formula is C15H21F3IN7S. The highest BCUT2D eigenvalue weighted by Gasteiger charge is 2.33. The highest BCUT2D eigenvalue weighted by atomic mass is 127. The molecule has 3 rings (SSSR count). The minimum atomic E-state index is -4.42. The lowest BCUT2D eigenvalue weighted by atomic mass is 10.1. The van der Waals surface area contributed by atoms with Gasteiger partial charge in [0, 0.05) is 24.4 Å². The molecule has 0 fully saturated rings. The van der Waals surface area contributed by atoms with Gasteiger partial charge in [-0.3, -0.25) is 0 Å².